The molecule has 21 heavy (non-hydrogen) atoms. The highest BCUT2D eigenvalue weighted by Crippen LogP contribution is 2.23. The molecule has 1 atom stereocenters. The van der Waals surface area contributed by atoms with E-state index in [2.05, 4.69) is 29.7 Å². The van der Waals surface area contributed by atoms with Crippen LogP contribution in [0, 0.1) is 0 Å². The lowest BCUT2D eigenvalue weighted by molar-refractivity contribution is 0.408. The first-order chi connectivity index (χ1) is 10.2. The average Bonchev–Trinajstić information content (AvgIpc) is 2.92. The molecule has 1 aromatic carbocycles. The number of thiocarbonyl (C=S) groups is 1. The van der Waals surface area contributed by atoms with Crippen molar-refractivity contribution in [3.8, 4) is 0 Å². The summed E-state index contributed by atoms with van der Waals surface area (Å²) in [4.78, 5) is 0. The molecule has 0 spiro atoms. The predicted molar refractivity (Wildman–Crippen MR) is 90.4 cm³/mol. The summed E-state index contributed by atoms with van der Waals surface area (Å²) in [5.74, 6) is 0.920. The van der Waals surface area contributed by atoms with Crippen LogP contribution in [0.25, 0.3) is 11.0 Å². The zero-order valence-corrected chi connectivity index (χ0v) is 13.2. The molecule has 0 amide bonds. The van der Waals surface area contributed by atoms with Gasteiger partial charge in [0.2, 0.25) is 0 Å². The lowest BCUT2D eigenvalue weighted by Crippen LogP contribution is -2.43. The van der Waals surface area contributed by atoms with Crippen molar-refractivity contribution in [2.45, 2.75) is 51.1 Å². The average molecular weight is 302 g/mol. The van der Waals surface area contributed by atoms with Gasteiger partial charge in [-0.1, -0.05) is 37.5 Å². The van der Waals surface area contributed by atoms with Gasteiger partial charge in [0.25, 0.3) is 0 Å². The van der Waals surface area contributed by atoms with E-state index in [1.54, 1.807) is 0 Å². The third-order valence-corrected chi connectivity index (χ3v) is 4.40. The van der Waals surface area contributed by atoms with Gasteiger partial charge in [-0.2, -0.15) is 0 Å². The highest BCUT2D eigenvalue weighted by Gasteiger charge is 2.16. The third kappa shape index (κ3) is 3.56. The van der Waals surface area contributed by atoms with Crippen LogP contribution in [-0.4, -0.2) is 11.2 Å². The van der Waals surface area contributed by atoms with Crippen LogP contribution in [0.1, 0.15) is 50.8 Å². The van der Waals surface area contributed by atoms with Crippen molar-refractivity contribution in [1.82, 2.24) is 10.6 Å². The SMILES string of the molecule is C[C@@H](NC(=S)NC1CCCCC1)c1cc2ccccc2o1. The van der Waals surface area contributed by atoms with Crippen LogP contribution >= 0.6 is 12.2 Å². The van der Waals surface area contributed by atoms with Gasteiger partial charge < -0.3 is 15.1 Å². The summed E-state index contributed by atoms with van der Waals surface area (Å²) in [5.41, 5.74) is 0.923. The Balaban J connectivity index is 1.59. The summed E-state index contributed by atoms with van der Waals surface area (Å²) >= 11 is 5.43. The van der Waals surface area contributed by atoms with Crippen molar-refractivity contribution < 1.29 is 4.42 Å². The Morgan fingerprint density at radius 2 is 2.00 bits per heavy atom. The summed E-state index contributed by atoms with van der Waals surface area (Å²) in [6, 6.07) is 10.7. The van der Waals surface area contributed by atoms with E-state index in [1.807, 2.05) is 18.2 Å². The number of hydrogen-bond donors (Lipinski definition) is 2. The zero-order chi connectivity index (χ0) is 14.7. The largest absolute Gasteiger partial charge is 0.459 e. The van der Waals surface area contributed by atoms with Crippen LogP contribution < -0.4 is 10.6 Å². The van der Waals surface area contributed by atoms with Crippen molar-refractivity contribution in [2.75, 3.05) is 0 Å². The molecule has 1 aromatic heterocycles. The number of nitrogens with one attached hydrogen (secondary N) is 2. The molecule has 0 radical (unpaired) electrons. The molecule has 2 aromatic rings. The minimum atomic E-state index is 0.0704. The number of fused-ring (bicyclic) bond motifs is 1. The molecule has 0 bridgehead atoms. The molecule has 2 N–H and O–H groups in total. The minimum Gasteiger partial charge on any atom is -0.459 e. The lowest BCUT2D eigenvalue weighted by atomic mass is 9.96. The molecule has 112 valence electrons. The van der Waals surface area contributed by atoms with Gasteiger partial charge in [-0.3, -0.25) is 0 Å². The number of benzene rings is 1. The normalized spacial score (nSPS) is 17.6. The van der Waals surface area contributed by atoms with Crippen LogP contribution in [0.2, 0.25) is 0 Å². The highest BCUT2D eigenvalue weighted by atomic mass is 32.1. The van der Waals surface area contributed by atoms with Gasteiger partial charge in [0, 0.05) is 11.4 Å². The first kappa shape index (κ1) is 14.4. The molecular weight excluding hydrogens is 280 g/mol. The highest BCUT2D eigenvalue weighted by molar-refractivity contribution is 7.80. The molecule has 3 rings (SSSR count). The first-order valence-corrected chi connectivity index (χ1v) is 8.19. The van der Waals surface area contributed by atoms with Gasteiger partial charge in [-0.25, -0.2) is 0 Å². The van der Waals surface area contributed by atoms with Gasteiger partial charge in [0.15, 0.2) is 5.11 Å². The second-order valence-corrected chi connectivity index (χ2v) is 6.27. The van der Waals surface area contributed by atoms with Crippen molar-refractivity contribution in [3.63, 3.8) is 0 Å². The third-order valence-electron chi connectivity index (χ3n) is 4.16. The van der Waals surface area contributed by atoms with E-state index >= 15 is 0 Å². The molecule has 1 aliphatic rings. The lowest BCUT2D eigenvalue weighted by Gasteiger charge is -2.25. The van der Waals surface area contributed by atoms with Crippen LogP contribution in [0.15, 0.2) is 34.7 Å². The minimum absolute atomic E-state index is 0.0704. The van der Waals surface area contributed by atoms with E-state index in [-0.39, 0.29) is 6.04 Å². The van der Waals surface area contributed by atoms with E-state index in [4.69, 9.17) is 16.6 Å². The summed E-state index contributed by atoms with van der Waals surface area (Å²) in [6.45, 7) is 2.08. The van der Waals surface area contributed by atoms with Gasteiger partial charge in [0.1, 0.15) is 11.3 Å². The number of para-hydroxylation sites is 1. The predicted octanol–water partition coefficient (Wildman–Crippen LogP) is 4.29. The Kier molecular flexibility index (Phi) is 4.44. The summed E-state index contributed by atoms with van der Waals surface area (Å²) < 4.78 is 5.87. The van der Waals surface area contributed by atoms with Crippen LogP contribution in [0.5, 0.6) is 0 Å². The molecule has 4 heteroatoms. The summed E-state index contributed by atoms with van der Waals surface area (Å²) in [6.07, 6.45) is 6.41. The van der Waals surface area contributed by atoms with Crippen molar-refractivity contribution in [1.29, 1.82) is 0 Å². The number of rotatable bonds is 3. The van der Waals surface area contributed by atoms with E-state index in [9.17, 15) is 0 Å². The fraction of sp³-hybridized carbons (Fsp3) is 0.471. The van der Waals surface area contributed by atoms with E-state index in [0.29, 0.717) is 6.04 Å². The second kappa shape index (κ2) is 6.48. The van der Waals surface area contributed by atoms with Crippen molar-refractivity contribution >= 4 is 28.3 Å². The standard InChI is InChI=1S/C17H22N2OS/c1-12(16-11-13-7-5-6-10-15(13)20-16)18-17(21)19-14-8-3-2-4-9-14/h5-7,10-12,14H,2-4,8-9H2,1H3,(H2,18,19,21)/t12-/m1/s1. The maximum atomic E-state index is 5.87. The fourth-order valence-electron chi connectivity index (χ4n) is 2.96. The Bertz CT molecular complexity index is 583. The van der Waals surface area contributed by atoms with E-state index in [1.165, 1.54) is 32.1 Å². The Labute approximate surface area is 131 Å². The molecule has 0 unspecified atom stereocenters. The maximum Gasteiger partial charge on any atom is 0.167 e. The van der Waals surface area contributed by atoms with E-state index in [0.717, 1.165) is 21.8 Å². The van der Waals surface area contributed by atoms with Crippen LogP contribution in [0.3, 0.4) is 0 Å². The van der Waals surface area contributed by atoms with Crippen molar-refractivity contribution in [3.05, 3.63) is 36.1 Å². The Hall–Kier alpha value is -1.55. The molecule has 3 nitrogen and oxygen atoms in total. The second-order valence-electron chi connectivity index (χ2n) is 5.86. The van der Waals surface area contributed by atoms with E-state index < -0.39 is 0 Å². The van der Waals surface area contributed by atoms with Crippen molar-refractivity contribution in [2.24, 2.45) is 0 Å². The van der Waals surface area contributed by atoms with Gasteiger partial charge >= 0.3 is 0 Å². The Morgan fingerprint density at radius 1 is 1.24 bits per heavy atom. The molecule has 1 aliphatic carbocycles. The Morgan fingerprint density at radius 3 is 2.76 bits per heavy atom. The van der Waals surface area contributed by atoms with Gasteiger partial charge in [0.05, 0.1) is 6.04 Å². The summed E-state index contributed by atoms with van der Waals surface area (Å²) in [7, 11) is 0. The van der Waals surface area contributed by atoms with Gasteiger partial charge in [-0.05, 0) is 44.1 Å². The monoisotopic (exact) mass is 302 g/mol. The van der Waals surface area contributed by atoms with Gasteiger partial charge in [-0.15, -0.1) is 0 Å². The van der Waals surface area contributed by atoms with Crippen LogP contribution in [0.4, 0.5) is 0 Å². The molecule has 1 saturated carbocycles. The molecule has 0 aliphatic heterocycles. The smallest absolute Gasteiger partial charge is 0.167 e. The molecule has 1 fully saturated rings. The molecular formula is C17H22N2OS. The molecule has 1 heterocycles. The number of furan rings is 1. The first-order valence-electron chi connectivity index (χ1n) is 7.78. The topological polar surface area (TPSA) is 37.2 Å². The zero-order valence-electron chi connectivity index (χ0n) is 12.4. The maximum absolute atomic E-state index is 5.87. The fourth-order valence-corrected chi connectivity index (χ4v) is 3.30. The summed E-state index contributed by atoms with van der Waals surface area (Å²) in [5, 5.41) is 8.63. The quantitative estimate of drug-likeness (QED) is 0.829. The molecule has 0 saturated heterocycles. The number of hydrogen-bond acceptors (Lipinski definition) is 2. The van der Waals surface area contributed by atoms with Crippen LogP contribution in [-0.2, 0) is 0 Å².